The largest absolute Gasteiger partial charge is 0.492 e. The number of fused-ring (bicyclic) bond motifs is 3. The maximum absolute atomic E-state index is 14.0. The Labute approximate surface area is 221 Å². The molecule has 6 rings (SSSR count). The van der Waals surface area contributed by atoms with E-state index in [2.05, 4.69) is 4.90 Å². The van der Waals surface area contributed by atoms with E-state index >= 15 is 0 Å². The van der Waals surface area contributed by atoms with Gasteiger partial charge in [0.15, 0.2) is 23.0 Å². The molecule has 0 radical (unpaired) electrons. The second-order valence-electron chi connectivity index (χ2n) is 9.55. The maximum Gasteiger partial charge on any atom is 0.247 e. The Morgan fingerprint density at radius 3 is 2.47 bits per heavy atom. The molecule has 4 aliphatic rings. The molecule has 11 nitrogen and oxygen atoms in total. The average molecular weight is 544 g/mol. The predicted octanol–water partition coefficient (Wildman–Crippen LogP) is 1.69. The zero-order valence-corrected chi connectivity index (χ0v) is 22.1. The van der Waals surface area contributed by atoms with Gasteiger partial charge in [0.1, 0.15) is 4.90 Å². The van der Waals surface area contributed by atoms with Crippen LogP contribution in [0.15, 0.2) is 29.2 Å². The number of benzene rings is 2. The van der Waals surface area contributed by atoms with Crippen LogP contribution in [0.1, 0.15) is 16.7 Å². The predicted molar refractivity (Wildman–Crippen MR) is 136 cm³/mol. The Morgan fingerprint density at radius 2 is 1.68 bits per heavy atom. The number of likely N-dealkylation sites (N-methyl/N-ethyl adjacent to an activating group) is 1. The number of carbonyl (C=O) groups excluding carboxylic acids is 1. The second kappa shape index (κ2) is 9.68. The molecule has 1 fully saturated rings. The quantitative estimate of drug-likeness (QED) is 0.521. The summed E-state index contributed by atoms with van der Waals surface area (Å²) in [6.45, 7) is 2.32. The smallest absolute Gasteiger partial charge is 0.247 e. The monoisotopic (exact) mass is 543 g/mol. The van der Waals surface area contributed by atoms with Crippen LogP contribution >= 0.6 is 0 Å². The molecule has 1 saturated heterocycles. The number of ether oxygens (including phenoxy) is 5. The Bertz CT molecular complexity index is 1420. The van der Waals surface area contributed by atoms with E-state index in [4.69, 9.17) is 23.7 Å². The van der Waals surface area contributed by atoms with E-state index in [-0.39, 0.29) is 56.3 Å². The van der Waals surface area contributed by atoms with Gasteiger partial charge in [-0.05, 0) is 42.8 Å². The minimum absolute atomic E-state index is 0.0646. The van der Waals surface area contributed by atoms with Gasteiger partial charge in [-0.3, -0.25) is 4.79 Å². The molecule has 0 saturated carbocycles. The number of hydrogen-bond acceptors (Lipinski definition) is 9. The number of methoxy groups -OCH3 is 1. The van der Waals surface area contributed by atoms with Crippen LogP contribution in [0.25, 0.3) is 6.08 Å². The number of sulfonamides is 1. The number of nitrogens with zero attached hydrogens (tertiary/aromatic N) is 3. The summed E-state index contributed by atoms with van der Waals surface area (Å²) in [6, 6.07) is 5.46. The molecule has 1 amide bonds. The molecule has 12 heteroatoms. The van der Waals surface area contributed by atoms with Crippen LogP contribution in [0.2, 0.25) is 0 Å². The van der Waals surface area contributed by atoms with Crippen LogP contribution < -0.4 is 23.7 Å². The van der Waals surface area contributed by atoms with Gasteiger partial charge < -0.3 is 33.5 Å². The summed E-state index contributed by atoms with van der Waals surface area (Å²) >= 11 is 0. The first-order valence-corrected chi connectivity index (χ1v) is 13.9. The van der Waals surface area contributed by atoms with Crippen molar-refractivity contribution in [3.05, 3.63) is 41.0 Å². The molecular formula is C26H29N3O8S. The summed E-state index contributed by atoms with van der Waals surface area (Å²) in [5, 5.41) is 0. The van der Waals surface area contributed by atoms with E-state index in [9.17, 15) is 13.2 Å². The molecule has 2 aromatic rings. The van der Waals surface area contributed by atoms with Crippen LogP contribution in [0.3, 0.4) is 0 Å². The highest BCUT2D eigenvalue weighted by atomic mass is 32.2. The van der Waals surface area contributed by atoms with E-state index in [0.29, 0.717) is 36.0 Å². The normalized spacial score (nSPS) is 19.2. The highest BCUT2D eigenvalue weighted by molar-refractivity contribution is 7.89. The number of hydrogen-bond donors (Lipinski definition) is 0. The molecule has 2 aromatic carbocycles. The van der Waals surface area contributed by atoms with Crippen molar-refractivity contribution in [3.8, 4) is 28.7 Å². The molecular weight excluding hydrogens is 514 g/mol. The van der Waals surface area contributed by atoms with Crippen LogP contribution in [0, 0.1) is 0 Å². The summed E-state index contributed by atoms with van der Waals surface area (Å²) in [4.78, 5) is 16.8. The topological polar surface area (TPSA) is 107 Å². The molecule has 0 aromatic heterocycles. The van der Waals surface area contributed by atoms with Crippen molar-refractivity contribution < 1.29 is 36.9 Å². The van der Waals surface area contributed by atoms with Gasteiger partial charge in [-0.1, -0.05) is 6.07 Å². The molecule has 0 aliphatic carbocycles. The molecule has 4 aliphatic heterocycles. The fourth-order valence-electron chi connectivity index (χ4n) is 5.30. The lowest BCUT2D eigenvalue weighted by Gasteiger charge is -2.35. The van der Waals surface area contributed by atoms with Gasteiger partial charge in [-0.15, -0.1) is 0 Å². The van der Waals surface area contributed by atoms with Crippen molar-refractivity contribution in [1.29, 1.82) is 0 Å². The third kappa shape index (κ3) is 4.22. The SMILES string of the molecule is COc1c2c(c(S(=O)(=O)N3CCN(C(=O)/C=C/c4ccc5c(c4)OCO5)CC3)c3c1OCO3)CCN(C)C2. The van der Waals surface area contributed by atoms with Crippen molar-refractivity contribution in [2.75, 3.05) is 60.5 Å². The highest BCUT2D eigenvalue weighted by Crippen LogP contribution is 2.51. The fourth-order valence-corrected chi connectivity index (χ4v) is 7.13. The van der Waals surface area contributed by atoms with Crippen molar-refractivity contribution in [3.63, 3.8) is 0 Å². The fraction of sp³-hybridized carbons (Fsp3) is 0.423. The van der Waals surface area contributed by atoms with Crippen LogP contribution in [0.4, 0.5) is 0 Å². The van der Waals surface area contributed by atoms with Crippen LogP contribution in [-0.2, 0) is 27.8 Å². The van der Waals surface area contributed by atoms with Crippen molar-refractivity contribution in [1.82, 2.24) is 14.1 Å². The molecule has 0 spiro atoms. The first-order chi connectivity index (χ1) is 18.4. The van der Waals surface area contributed by atoms with Crippen molar-refractivity contribution in [2.45, 2.75) is 17.9 Å². The average Bonchev–Trinajstić information content (AvgIpc) is 3.59. The molecule has 0 unspecified atom stereocenters. The zero-order chi connectivity index (χ0) is 26.4. The summed E-state index contributed by atoms with van der Waals surface area (Å²) in [5.41, 5.74) is 2.34. The standard InChI is InChI=1S/C26H29N3O8S/c1-27-8-7-18-19(14-27)23(33-2)24-25(37-16-36-24)26(18)38(31,32)29-11-9-28(10-12-29)22(30)6-4-17-3-5-20-21(13-17)35-15-34-20/h3-6,13H,7-12,14-16H2,1-2H3/b6-4+. The van der Waals surface area contributed by atoms with Gasteiger partial charge in [0, 0.05) is 50.9 Å². The Kier molecular flexibility index (Phi) is 6.33. The summed E-state index contributed by atoms with van der Waals surface area (Å²) in [7, 11) is -0.371. The summed E-state index contributed by atoms with van der Waals surface area (Å²) in [5.74, 6) is 2.23. The van der Waals surface area contributed by atoms with E-state index in [1.165, 1.54) is 10.4 Å². The third-order valence-corrected chi connectivity index (χ3v) is 9.27. The van der Waals surface area contributed by atoms with Crippen LogP contribution in [0.5, 0.6) is 28.7 Å². The molecule has 4 heterocycles. The summed E-state index contributed by atoms with van der Waals surface area (Å²) < 4.78 is 57.1. The summed E-state index contributed by atoms with van der Waals surface area (Å²) in [6.07, 6.45) is 3.77. The Hall–Kier alpha value is -3.48. The maximum atomic E-state index is 14.0. The number of piperazine rings is 1. The second-order valence-corrected chi connectivity index (χ2v) is 11.4. The van der Waals surface area contributed by atoms with Gasteiger partial charge in [-0.25, -0.2) is 8.42 Å². The first kappa shape index (κ1) is 24.8. The van der Waals surface area contributed by atoms with Gasteiger partial charge in [-0.2, -0.15) is 4.31 Å². The first-order valence-electron chi connectivity index (χ1n) is 12.4. The van der Waals surface area contributed by atoms with Gasteiger partial charge >= 0.3 is 0 Å². The third-order valence-electron chi connectivity index (χ3n) is 7.28. The Morgan fingerprint density at radius 1 is 0.947 bits per heavy atom. The van der Waals surface area contributed by atoms with Gasteiger partial charge in [0.25, 0.3) is 0 Å². The van der Waals surface area contributed by atoms with E-state index in [0.717, 1.165) is 23.2 Å². The van der Waals surface area contributed by atoms with Crippen LogP contribution in [-0.4, -0.2) is 88.9 Å². The number of carbonyl (C=O) groups is 1. The minimum Gasteiger partial charge on any atom is -0.492 e. The number of amides is 1. The molecule has 0 atom stereocenters. The molecule has 202 valence electrons. The van der Waals surface area contributed by atoms with E-state index in [1.54, 1.807) is 24.2 Å². The van der Waals surface area contributed by atoms with E-state index < -0.39 is 10.0 Å². The van der Waals surface area contributed by atoms with Gasteiger partial charge in [0.05, 0.1) is 7.11 Å². The van der Waals surface area contributed by atoms with Gasteiger partial charge in [0.2, 0.25) is 35.3 Å². The Balaban J connectivity index is 1.20. The minimum atomic E-state index is -3.91. The highest BCUT2D eigenvalue weighted by Gasteiger charge is 2.41. The molecule has 0 N–H and O–H groups in total. The lowest BCUT2D eigenvalue weighted by molar-refractivity contribution is -0.127. The van der Waals surface area contributed by atoms with E-state index in [1.807, 2.05) is 19.2 Å². The lowest BCUT2D eigenvalue weighted by Crippen LogP contribution is -2.50. The zero-order valence-electron chi connectivity index (χ0n) is 21.3. The molecule has 0 bridgehead atoms. The number of rotatable bonds is 5. The molecule has 38 heavy (non-hydrogen) atoms. The van der Waals surface area contributed by atoms with Crippen molar-refractivity contribution >= 4 is 22.0 Å². The van der Waals surface area contributed by atoms with Crippen molar-refractivity contribution in [2.24, 2.45) is 0 Å². The lowest BCUT2D eigenvalue weighted by atomic mass is 9.97.